The molecule has 21 heavy (non-hydrogen) atoms. The first-order valence-electron chi connectivity index (χ1n) is 6.18. The van der Waals surface area contributed by atoms with Gasteiger partial charge in [-0.05, 0) is 24.6 Å². The average Bonchev–Trinajstić information content (AvgIpc) is 2.42. The van der Waals surface area contributed by atoms with Crippen LogP contribution in [0.1, 0.15) is 18.4 Å². The third kappa shape index (κ3) is 3.43. The Kier molecular flexibility index (Phi) is 4.35. The molecule has 1 aliphatic heterocycles. The van der Waals surface area contributed by atoms with Gasteiger partial charge in [-0.1, -0.05) is 0 Å². The number of amides is 2. The number of halogens is 1. The second-order valence-electron chi connectivity index (χ2n) is 4.58. The maximum Gasteiger partial charge on any atom is 0.244 e. The number of hydrogen-bond acceptors (Lipinski definition) is 5. The van der Waals surface area contributed by atoms with E-state index < -0.39 is 33.7 Å². The normalized spacial score (nSPS) is 19.4. The zero-order chi connectivity index (χ0) is 15.6. The highest BCUT2D eigenvalue weighted by molar-refractivity contribution is 7.89. The van der Waals surface area contributed by atoms with Crippen LogP contribution in [0.3, 0.4) is 0 Å². The molecular weight excluding hydrogens is 301 g/mol. The fourth-order valence-corrected chi connectivity index (χ4v) is 3.22. The molecule has 0 saturated carbocycles. The van der Waals surface area contributed by atoms with Gasteiger partial charge in [0.15, 0.2) is 0 Å². The van der Waals surface area contributed by atoms with Crippen LogP contribution < -0.4 is 15.8 Å². The highest BCUT2D eigenvalue weighted by Crippen LogP contribution is 2.16. The summed E-state index contributed by atoms with van der Waals surface area (Å²) in [5, 5.41) is 2.05. The van der Waals surface area contributed by atoms with E-state index in [4.69, 9.17) is 5.73 Å². The predicted molar refractivity (Wildman–Crippen MR) is 70.8 cm³/mol. The Bertz CT molecular complexity index is 690. The molecule has 2 rings (SSSR count). The van der Waals surface area contributed by atoms with Gasteiger partial charge in [0.1, 0.15) is 11.9 Å². The lowest BCUT2D eigenvalue weighted by molar-refractivity contribution is -0.134. The molecular formula is C12H14FN3O4S. The second-order valence-corrected chi connectivity index (χ2v) is 6.30. The fraction of sp³-hybridized carbons (Fsp3) is 0.333. The smallest absolute Gasteiger partial charge is 0.244 e. The van der Waals surface area contributed by atoms with Gasteiger partial charge in [-0.15, -0.1) is 0 Å². The number of sulfonamides is 1. The lowest BCUT2D eigenvalue weighted by Crippen LogP contribution is -2.52. The third-order valence-electron chi connectivity index (χ3n) is 3.08. The predicted octanol–water partition coefficient (Wildman–Crippen LogP) is -0.632. The Morgan fingerprint density at radius 3 is 2.71 bits per heavy atom. The summed E-state index contributed by atoms with van der Waals surface area (Å²) in [7, 11) is -4.00. The van der Waals surface area contributed by atoms with Crippen LogP contribution in [0.25, 0.3) is 0 Å². The molecule has 1 fully saturated rings. The number of nitrogens with one attached hydrogen (secondary N) is 2. The zero-order valence-electron chi connectivity index (χ0n) is 10.9. The van der Waals surface area contributed by atoms with Gasteiger partial charge in [0.05, 0.1) is 4.90 Å². The molecule has 0 aliphatic carbocycles. The van der Waals surface area contributed by atoms with Crippen molar-refractivity contribution in [2.45, 2.75) is 30.3 Å². The Morgan fingerprint density at radius 2 is 2.10 bits per heavy atom. The number of carbonyl (C=O) groups is 2. The molecule has 9 heteroatoms. The van der Waals surface area contributed by atoms with Crippen molar-refractivity contribution in [1.29, 1.82) is 0 Å². The summed E-state index contributed by atoms with van der Waals surface area (Å²) in [6.07, 6.45) is 0.130. The maximum atomic E-state index is 13.3. The van der Waals surface area contributed by atoms with Crippen LogP contribution in [0.5, 0.6) is 0 Å². The Hall–Kier alpha value is -1.84. The highest BCUT2D eigenvalue weighted by atomic mass is 32.2. The molecule has 0 radical (unpaired) electrons. The van der Waals surface area contributed by atoms with E-state index in [1.165, 1.54) is 0 Å². The second kappa shape index (κ2) is 5.88. The quantitative estimate of drug-likeness (QED) is 0.639. The molecule has 1 heterocycles. The van der Waals surface area contributed by atoms with Crippen molar-refractivity contribution < 1.29 is 22.4 Å². The molecule has 0 bridgehead atoms. The van der Waals surface area contributed by atoms with Crippen molar-refractivity contribution in [3.63, 3.8) is 0 Å². The monoisotopic (exact) mass is 315 g/mol. The summed E-state index contributed by atoms with van der Waals surface area (Å²) >= 11 is 0. The first-order valence-corrected chi connectivity index (χ1v) is 7.66. The Labute approximate surface area is 120 Å². The van der Waals surface area contributed by atoms with E-state index in [-0.39, 0.29) is 29.8 Å². The highest BCUT2D eigenvalue weighted by Gasteiger charge is 2.30. The summed E-state index contributed by atoms with van der Waals surface area (Å²) in [6.45, 7) is -0.145. The van der Waals surface area contributed by atoms with Crippen LogP contribution >= 0.6 is 0 Å². The summed E-state index contributed by atoms with van der Waals surface area (Å²) in [5.41, 5.74) is 5.38. The minimum atomic E-state index is -4.00. The number of rotatable bonds is 4. The van der Waals surface area contributed by atoms with E-state index in [9.17, 15) is 22.4 Å². The zero-order valence-corrected chi connectivity index (χ0v) is 11.7. The Morgan fingerprint density at radius 1 is 1.38 bits per heavy atom. The van der Waals surface area contributed by atoms with Gasteiger partial charge in [0.2, 0.25) is 21.8 Å². The average molecular weight is 315 g/mol. The molecule has 2 amide bonds. The van der Waals surface area contributed by atoms with Crippen LogP contribution in [0.2, 0.25) is 0 Å². The molecule has 0 spiro atoms. The van der Waals surface area contributed by atoms with Crippen molar-refractivity contribution >= 4 is 21.8 Å². The molecule has 1 atom stereocenters. The van der Waals surface area contributed by atoms with Gasteiger partial charge in [-0.25, -0.2) is 12.8 Å². The van der Waals surface area contributed by atoms with Crippen molar-refractivity contribution in [1.82, 2.24) is 10.0 Å². The van der Waals surface area contributed by atoms with Crippen LogP contribution in [0, 0.1) is 5.82 Å². The molecule has 7 nitrogen and oxygen atoms in total. The molecule has 1 aliphatic rings. The van der Waals surface area contributed by atoms with E-state index in [1.807, 2.05) is 0 Å². The minimum Gasteiger partial charge on any atom is -0.326 e. The Balaban J connectivity index is 2.22. The summed E-state index contributed by atoms with van der Waals surface area (Å²) in [4.78, 5) is 22.4. The summed E-state index contributed by atoms with van der Waals surface area (Å²) < 4.78 is 39.9. The third-order valence-corrected chi connectivity index (χ3v) is 4.55. The summed E-state index contributed by atoms with van der Waals surface area (Å²) in [6, 6.07) is 2.17. The molecule has 4 N–H and O–H groups in total. The number of hydrogen-bond donors (Lipinski definition) is 3. The first-order chi connectivity index (χ1) is 9.83. The lowest BCUT2D eigenvalue weighted by Gasteiger charge is -2.21. The topological polar surface area (TPSA) is 118 Å². The molecule has 1 aromatic carbocycles. The van der Waals surface area contributed by atoms with E-state index in [2.05, 4.69) is 10.0 Å². The van der Waals surface area contributed by atoms with Crippen molar-refractivity contribution in [2.24, 2.45) is 5.73 Å². The molecule has 114 valence electrons. The van der Waals surface area contributed by atoms with Gasteiger partial charge in [0.25, 0.3) is 0 Å². The van der Waals surface area contributed by atoms with Crippen LogP contribution in [-0.4, -0.2) is 26.3 Å². The maximum absolute atomic E-state index is 13.3. The van der Waals surface area contributed by atoms with E-state index >= 15 is 0 Å². The molecule has 0 aromatic heterocycles. The molecule has 1 aromatic rings. The number of carbonyl (C=O) groups excluding carboxylic acids is 2. The van der Waals surface area contributed by atoms with Crippen molar-refractivity contribution in [3.05, 3.63) is 29.6 Å². The van der Waals surface area contributed by atoms with Crippen LogP contribution in [0.4, 0.5) is 4.39 Å². The summed E-state index contributed by atoms with van der Waals surface area (Å²) in [5.74, 6) is -1.74. The first kappa shape index (κ1) is 15.5. The molecule has 1 saturated heterocycles. The van der Waals surface area contributed by atoms with Crippen LogP contribution in [-0.2, 0) is 26.2 Å². The van der Waals surface area contributed by atoms with Gasteiger partial charge < -0.3 is 5.73 Å². The van der Waals surface area contributed by atoms with E-state index in [0.717, 1.165) is 18.2 Å². The number of piperidine rings is 1. The lowest BCUT2D eigenvalue weighted by atomic mass is 10.1. The van der Waals surface area contributed by atoms with Gasteiger partial charge in [0, 0.05) is 18.5 Å². The van der Waals surface area contributed by atoms with Crippen molar-refractivity contribution in [3.8, 4) is 0 Å². The fourth-order valence-electron chi connectivity index (χ4n) is 1.94. The van der Waals surface area contributed by atoms with E-state index in [1.54, 1.807) is 0 Å². The minimum absolute atomic E-state index is 0.0520. The van der Waals surface area contributed by atoms with Crippen LogP contribution in [0.15, 0.2) is 23.1 Å². The van der Waals surface area contributed by atoms with Gasteiger partial charge >= 0.3 is 0 Å². The largest absolute Gasteiger partial charge is 0.326 e. The number of imide groups is 1. The van der Waals surface area contributed by atoms with E-state index in [0.29, 0.717) is 0 Å². The van der Waals surface area contributed by atoms with Gasteiger partial charge in [-0.3, -0.25) is 14.9 Å². The number of benzene rings is 1. The number of nitrogens with two attached hydrogens (primary N) is 1. The van der Waals surface area contributed by atoms with Gasteiger partial charge in [-0.2, -0.15) is 4.72 Å². The van der Waals surface area contributed by atoms with Crippen molar-refractivity contribution in [2.75, 3.05) is 0 Å². The molecule has 1 unspecified atom stereocenters. The SMILES string of the molecule is NCc1cc(S(=O)(=O)NC2CCC(=O)NC2=O)ccc1F. The standard InChI is InChI=1S/C12H14FN3O4S/c13-9-2-1-8(5-7(9)6-14)21(19,20)16-10-3-4-11(17)15-12(10)18/h1-2,5,10,16H,3-4,6,14H2,(H,15,17,18).